The molecular formula is C16H31IN4O2S2. The molecule has 0 spiro atoms. The highest BCUT2D eigenvalue weighted by Crippen LogP contribution is 2.21. The highest BCUT2D eigenvalue weighted by molar-refractivity contribution is 14.0. The fraction of sp³-hybridized carbons (Fsp3) is 0.750. The van der Waals surface area contributed by atoms with Crippen LogP contribution in [0, 0.1) is 12.3 Å². The zero-order valence-electron chi connectivity index (χ0n) is 15.8. The molecule has 0 saturated carbocycles. The lowest BCUT2D eigenvalue weighted by atomic mass is 9.90. The minimum Gasteiger partial charge on any atom is -0.357 e. The molecular weight excluding hydrogens is 471 g/mol. The molecule has 9 heteroatoms. The van der Waals surface area contributed by atoms with Crippen molar-refractivity contribution >= 4 is 51.1 Å². The van der Waals surface area contributed by atoms with Gasteiger partial charge in [0.2, 0.25) is 0 Å². The Morgan fingerprint density at radius 3 is 2.56 bits per heavy atom. The predicted octanol–water partition coefficient (Wildman–Crippen LogP) is 2.63. The Bertz CT molecular complexity index is 642. The molecule has 0 aliphatic heterocycles. The van der Waals surface area contributed by atoms with Crippen LogP contribution in [0.2, 0.25) is 0 Å². The summed E-state index contributed by atoms with van der Waals surface area (Å²) in [5.74, 6) is 0.960. The fourth-order valence-corrected chi connectivity index (χ4v) is 3.69. The van der Waals surface area contributed by atoms with Gasteiger partial charge in [0.25, 0.3) is 0 Å². The largest absolute Gasteiger partial charge is 0.357 e. The SMILES string of the molecule is CCNC(=NCC(C)(C)CCS(C)(=O)=O)NCCc1ncc(C)s1.I. The molecule has 0 atom stereocenters. The zero-order chi connectivity index (χ0) is 18.2. The van der Waals surface area contributed by atoms with E-state index in [1.165, 1.54) is 11.1 Å². The average Bonchev–Trinajstić information content (AvgIpc) is 2.88. The van der Waals surface area contributed by atoms with Crippen LogP contribution in [0.4, 0.5) is 0 Å². The normalized spacial score (nSPS) is 12.6. The van der Waals surface area contributed by atoms with Crippen LogP contribution in [0.15, 0.2) is 11.2 Å². The van der Waals surface area contributed by atoms with E-state index in [9.17, 15) is 8.42 Å². The van der Waals surface area contributed by atoms with Crippen molar-refractivity contribution in [2.45, 2.75) is 40.5 Å². The maximum absolute atomic E-state index is 11.3. The Kier molecular flexibility index (Phi) is 11.1. The van der Waals surface area contributed by atoms with Gasteiger partial charge in [0.15, 0.2) is 5.96 Å². The number of halogens is 1. The van der Waals surface area contributed by atoms with E-state index in [1.807, 2.05) is 27.0 Å². The number of nitrogens with one attached hydrogen (secondary N) is 2. The van der Waals surface area contributed by atoms with Gasteiger partial charge in [-0.1, -0.05) is 13.8 Å². The van der Waals surface area contributed by atoms with Gasteiger partial charge in [0, 0.05) is 43.4 Å². The number of nitrogens with zero attached hydrogens (tertiary/aromatic N) is 2. The molecule has 1 aromatic heterocycles. The van der Waals surface area contributed by atoms with Crippen LogP contribution in [0.3, 0.4) is 0 Å². The van der Waals surface area contributed by atoms with Crippen LogP contribution < -0.4 is 10.6 Å². The topological polar surface area (TPSA) is 83.5 Å². The van der Waals surface area contributed by atoms with Gasteiger partial charge in [-0.15, -0.1) is 35.3 Å². The summed E-state index contributed by atoms with van der Waals surface area (Å²) in [6.45, 7) is 10.3. The molecule has 0 amide bonds. The third-order valence-corrected chi connectivity index (χ3v) is 5.38. The molecule has 0 aliphatic rings. The number of hydrogen-bond donors (Lipinski definition) is 2. The standard InChI is InChI=1S/C16H30N4O2S2.HI/c1-6-17-15(18-9-7-14-19-11-13(2)23-14)20-12-16(3,4)8-10-24(5,21)22;/h11H,6-10,12H2,1-5H3,(H2,17,18,20);1H. The lowest BCUT2D eigenvalue weighted by Gasteiger charge is -2.22. The monoisotopic (exact) mass is 502 g/mol. The molecule has 0 saturated heterocycles. The Morgan fingerprint density at radius 2 is 2.04 bits per heavy atom. The van der Waals surface area contributed by atoms with E-state index in [0.29, 0.717) is 13.0 Å². The first-order chi connectivity index (χ1) is 11.1. The Hall–Kier alpha value is -0.420. The van der Waals surface area contributed by atoms with E-state index in [0.717, 1.165) is 30.5 Å². The Balaban J connectivity index is 0.00000576. The lowest BCUT2D eigenvalue weighted by molar-refractivity contribution is 0.365. The van der Waals surface area contributed by atoms with E-state index in [-0.39, 0.29) is 35.1 Å². The third-order valence-electron chi connectivity index (χ3n) is 3.46. The number of hydrogen-bond acceptors (Lipinski definition) is 5. The summed E-state index contributed by atoms with van der Waals surface area (Å²) < 4.78 is 22.7. The second-order valence-corrected chi connectivity index (χ2v) is 10.4. The van der Waals surface area contributed by atoms with Crippen LogP contribution >= 0.6 is 35.3 Å². The van der Waals surface area contributed by atoms with Crippen LogP contribution in [-0.4, -0.2) is 51.0 Å². The summed E-state index contributed by atoms with van der Waals surface area (Å²) in [5.41, 5.74) is -0.155. The number of aromatic nitrogens is 1. The maximum atomic E-state index is 11.3. The molecule has 0 bridgehead atoms. The molecule has 1 heterocycles. The van der Waals surface area contributed by atoms with Gasteiger partial charge < -0.3 is 10.6 Å². The van der Waals surface area contributed by atoms with Crippen molar-refractivity contribution in [3.63, 3.8) is 0 Å². The molecule has 25 heavy (non-hydrogen) atoms. The fourth-order valence-electron chi connectivity index (χ4n) is 1.98. The third kappa shape index (κ3) is 11.7. The van der Waals surface area contributed by atoms with E-state index < -0.39 is 9.84 Å². The summed E-state index contributed by atoms with van der Waals surface area (Å²) in [7, 11) is -2.93. The van der Waals surface area contributed by atoms with E-state index >= 15 is 0 Å². The van der Waals surface area contributed by atoms with E-state index in [1.54, 1.807) is 11.3 Å². The highest BCUT2D eigenvalue weighted by Gasteiger charge is 2.20. The minimum atomic E-state index is -2.93. The van der Waals surface area contributed by atoms with Crippen LogP contribution in [0.1, 0.15) is 37.1 Å². The molecule has 0 aliphatic carbocycles. The van der Waals surface area contributed by atoms with Crippen molar-refractivity contribution in [2.75, 3.05) is 31.6 Å². The number of sulfone groups is 1. The number of aliphatic imine (C=N–C) groups is 1. The number of aryl methyl sites for hydroxylation is 1. The second kappa shape index (κ2) is 11.3. The summed E-state index contributed by atoms with van der Waals surface area (Å²) in [4.78, 5) is 10.2. The van der Waals surface area contributed by atoms with Crippen molar-refractivity contribution in [1.29, 1.82) is 0 Å². The Morgan fingerprint density at radius 1 is 1.36 bits per heavy atom. The van der Waals surface area contributed by atoms with E-state index in [4.69, 9.17) is 0 Å². The quantitative estimate of drug-likeness (QED) is 0.308. The predicted molar refractivity (Wildman–Crippen MR) is 118 cm³/mol. The number of thiazole rings is 1. The summed E-state index contributed by atoms with van der Waals surface area (Å²) >= 11 is 1.71. The van der Waals surface area contributed by atoms with Crippen LogP contribution in [0.25, 0.3) is 0 Å². The first kappa shape index (κ1) is 24.6. The molecule has 6 nitrogen and oxygen atoms in total. The highest BCUT2D eigenvalue weighted by atomic mass is 127. The molecule has 1 rings (SSSR count). The molecule has 0 aromatic carbocycles. The molecule has 0 unspecified atom stereocenters. The minimum absolute atomic E-state index is 0. The van der Waals surface area contributed by atoms with Gasteiger partial charge in [-0.2, -0.15) is 0 Å². The van der Waals surface area contributed by atoms with Gasteiger partial charge in [-0.3, -0.25) is 4.99 Å². The van der Waals surface area contributed by atoms with Gasteiger partial charge >= 0.3 is 0 Å². The smallest absolute Gasteiger partial charge is 0.191 e. The first-order valence-corrected chi connectivity index (χ1v) is 11.1. The van der Waals surface area contributed by atoms with Gasteiger partial charge in [-0.05, 0) is 25.7 Å². The molecule has 146 valence electrons. The summed E-state index contributed by atoms with van der Waals surface area (Å²) in [6.07, 6.45) is 4.63. The van der Waals surface area contributed by atoms with Crippen LogP contribution in [-0.2, 0) is 16.3 Å². The van der Waals surface area contributed by atoms with Crippen molar-refractivity contribution in [1.82, 2.24) is 15.6 Å². The van der Waals surface area contributed by atoms with Crippen molar-refractivity contribution in [3.8, 4) is 0 Å². The maximum Gasteiger partial charge on any atom is 0.191 e. The zero-order valence-corrected chi connectivity index (χ0v) is 19.7. The van der Waals surface area contributed by atoms with Crippen molar-refractivity contribution in [2.24, 2.45) is 10.4 Å². The second-order valence-electron chi connectivity index (χ2n) is 6.78. The summed E-state index contributed by atoms with van der Waals surface area (Å²) in [5, 5.41) is 7.65. The molecule has 1 aromatic rings. The molecule has 2 N–H and O–H groups in total. The van der Waals surface area contributed by atoms with Crippen molar-refractivity contribution < 1.29 is 8.42 Å². The first-order valence-electron chi connectivity index (χ1n) is 8.22. The Labute approximate surface area is 173 Å². The molecule has 0 fully saturated rings. The lowest BCUT2D eigenvalue weighted by Crippen LogP contribution is -2.39. The van der Waals surface area contributed by atoms with Gasteiger partial charge in [-0.25, -0.2) is 13.4 Å². The van der Waals surface area contributed by atoms with Gasteiger partial charge in [0.05, 0.1) is 10.8 Å². The molecule has 0 radical (unpaired) electrons. The number of guanidine groups is 1. The summed E-state index contributed by atoms with van der Waals surface area (Å²) in [6, 6.07) is 0. The average molecular weight is 502 g/mol. The number of rotatable bonds is 9. The van der Waals surface area contributed by atoms with Crippen molar-refractivity contribution in [3.05, 3.63) is 16.1 Å². The van der Waals surface area contributed by atoms with Gasteiger partial charge in [0.1, 0.15) is 9.84 Å². The van der Waals surface area contributed by atoms with E-state index in [2.05, 4.69) is 27.5 Å². The van der Waals surface area contributed by atoms with Crippen LogP contribution in [0.5, 0.6) is 0 Å².